The summed E-state index contributed by atoms with van der Waals surface area (Å²) in [5.41, 5.74) is 1.10. The molecule has 1 unspecified atom stereocenters. The molecular formula is C13H15BrClN. The van der Waals surface area contributed by atoms with E-state index < -0.39 is 0 Å². The number of nitrogens with one attached hydrogen (secondary N) is 1. The molecule has 0 aliphatic heterocycles. The Morgan fingerprint density at radius 2 is 2.25 bits per heavy atom. The molecule has 0 spiro atoms. The quantitative estimate of drug-likeness (QED) is 0.785. The van der Waals surface area contributed by atoms with Crippen LogP contribution in [0, 0.1) is 5.92 Å². The van der Waals surface area contributed by atoms with Gasteiger partial charge < -0.3 is 5.32 Å². The number of hydrogen-bond acceptors (Lipinski definition) is 1. The molecule has 0 fully saturated rings. The highest BCUT2D eigenvalue weighted by Crippen LogP contribution is 2.26. The van der Waals surface area contributed by atoms with Crippen LogP contribution in [0.3, 0.4) is 0 Å². The molecule has 1 aliphatic rings. The molecule has 1 aliphatic carbocycles. The van der Waals surface area contributed by atoms with Crippen molar-refractivity contribution in [3.63, 3.8) is 0 Å². The first-order chi connectivity index (χ1) is 7.75. The Kier molecular flexibility index (Phi) is 4.30. The predicted octanol–water partition coefficient (Wildman–Crippen LogP) is 4.87. The van der Waals surface area contributed by atoms with E-state index >= 15 is 0 Å². The molecule has 0 radical (unpaired) electrons. The molecule has 0 saturated carbocycles. The van der Waals surface area contributed by atoms with Gasteiger partial charge in [0, 0.05) is 16.7 Å². The van der Waals surface area contributed by atoms with Crippen LogP contribution in [0.15, 0.2) is 34.8 Å². The molecule has 0 heterocycles. The maximum atomic E-state index is 6.04. The van der Waals surface area contributed by atoms with Gasteiger partial charge in [-0.2, -0.15) is 0 Å². The minimum atomic E-state index is 0.757. The van der Waals surface area contributed by atoms with Crippen LogP contribution in [0.25, 0.3) is 0 Å². The second kappa shape index (κ2) is 5.74. The molecule has 1 aromatic rings. The lowest BCUT2D eigenvalue weighted by Gasteiger charge is -2.19. The van der Waals surface area contributed by atoms with Crippen LogP contribution in [0.1, 0.15) is 19.3 Å². The molecule has 0 saturated heterocycles. The minimum Gasteiger partial charge on any atom is -0.385 e. The molecule has 3 heteroatoms. The lowest BCUT2D eigenvalue weighted by Crippen LogP contribution is -2.15. The summed E-state index contributed by atoms with van der Waals surface area (Å²) in [7, 11) is 0. The Morgan fingerprint density at radius 3 is 2.94 bits per heavy atom. The lowest BCUT2D eigenvalue weighted by atomic mass is 9.94. The topological polar surface area (TPSA) is 12.0 Å². The highest BCUT2D eigenvalue weighted by molar-refractivity contribution is 9.10. The van der Waals surface area contributed by atoms with E-state index in [1.807, 2.05) is 12.1 Å². The van der Waals surface area contributed by atoms with Crippen molar-refractivity contribution in [1.82, 2.24) is 0 Å². The molecule has 1 atom stereocenters. The van der Waals surface area contributed by atoms with Crippen molar-refractivity contribution in [2.75, 3.05) is 11.9 Å². The standard InChI is InChI=1S/C13H15BrClN/c14-12-7-6-11(8-13(12)15)16-9-10-4-2-1-3-5-10/h1-2,6-8,10,16H,3-5,9H2. The smallest absolute Gasteiger partial charge is 0.0568 e. The van der Waals surface area contributed by atoms with E-state index in [1.54, 1.807) is 0 Å². The molecule has 1 nitrogen and oxygen atoms in total. The summed E-state index contributed by atoms with van der Waals surface area (Å²) >= 11 is 9.43. The number of rotatable bonds is 3. The fourth-order valence-corrected chi connectivity index (χ4v) is 2.34. The highest BCUT2D eigenvalue weighted by Gasteiger charge is 2.09. The summed E-state index contributed by atoms with van der Waals surface area (Å²) in [6.07, 6.45) is 8.25. The van der Waals surface area contributed by atoms with E-state index in [0.717, 1.165) is 27.6 Å². The van der Waals surface area contributed by atoms with Crippen LogP contribution >= 0.6 is 27.5 Å². The van der Waals surface area contributed by atoms with Crippen LogP contribution < -0.4 is 5.32 Å². The van der Waals surface area contributed by atoms with Gasteiger partial charge in [0.2, 0.25) is 0 Å². The molecular weight excluding hydrogens is 286 g/mol. The Balaban J connectivity index is 1.89. The fraction of sp³-hybridized carbons (Fsp3) is 0.385. The van der Waals surface area contributed by atoms with Gasteiger partial charge in [0.25, 0.3) is 0 Å². The number of anilines is 1. The van der Waals surface area contributed by atoms with Crippen LogP contribution in [0.4, 0.5) is 5.69 Å². The molecule has 86 valence electrons. The van der Waals surface area contributed by atoms with Gasteiger partial charge in [-0.05, 0) is 59.3 Å². The Bertz CT molecular complexity index is 390. The normalized spacial score (nSPS) is 19.8. The Hall–Kier alpha value is -0.470. The zero-order valence-corrected chi connectivity index (χ0v) is 11.4. The molecule has 16 heavy (non-hydrogen) atoms. The Labute approximate surface area is 110 Å². The zero-order valence-electron chi connectivity index (χ0n) is 9.05. The average molecular weight is 301 g/mol. The number of benzene rings is 1. The van der Waals surface area contributed by atoms with Crippen molar-refractivity contribution >= 4 is 33.2 Å². The second-order valence-electron chi connectivity index (χ2n) is 4.16. The summed E-state index contributed by atoms with van der Waals surface area (Å²) in [6.45, 7) is 1.03. The van der Waals surface area contributed by atoms with E-state index in [9.17, 15) is 0 Å². The molecule has 1 N–H and O–H groups in total. The lowest BCUT2D eigenvalue weighted by molar-refractivity contribution is 0.504. The first kappa shape index (κ1) is 12.0. The van der Waals surface area contributed by atoms with Crippen molar-refractivity contribution in [1.29, 1.82) is 0 Å². The fourth-order valence-electron chi connectivity index (χ4n) is 1.91. The molecule has 1 aromatic carbocycles. The maximum Gasteiger partial charge on any atom is 0.0568 e. The van der Waals surface area contributed by atoms with Gasteiger partial charge in [-0.1, -0.05) is 23.8 Å². The molecule has 0 bridgehead atoms. The van der Waals surface area contributed by atoms with Gasteiger partial charge in [-0.3, -0.25) is 0 Å². The largest absolute Gasteiger partial charge is 0.385 e. The summed E-state index contributed by atoms with van der Waals surface area (Å²) in [5, 5.41) is 4.20. The SMILES string of the molecule is Clc1cc(NCC2CC=CCC2)ccc1Br. The number of halogens is 2. The monoisotopic (exact) mass is 299 g/mol. The number of hydrogen-bond donors (Lipinski definition) is 1. The van der Waals surface area contributed by atoms with Gasteiger partial charge >= 0.3 is 0 Å². The third-order valence-corrected chi connectivity index (χ3v) is 4.12. The van der Waals surface area contributed by atoms with E-state index in [4.69, 9.17) is 11.6 Å². The second-order valence-corrected chi connectivity index (χ2v) is 5.42. The zero-order chi connectivity index (χ0) is 11.4. The van der Waals surface area contributed by atoms with Crippen molar-refractivity contribution in [2.24, 2.45) is 5.92 Å². The summed E-state index contributed by atoms with van der Waals surface area (Å²) in [5.74, 6) is 0.757. The average Bonchev–Trinajstić information content (AvgIpc) is 2.32. The van der Waals surface area contributed by atoms with Gasteiger partial charge in [0.05, 0.1) is 5.02 Å². The van der Waals surface area contributed by atoms with Crippen molar-refractivity contribution < 1.29 is 0 Å². The minimum absolute atomic E-state index is 0.757. The van der Waals surface area contributed by atoms with Gasteiger partial charge in [-0.25, -0.2) is 0 Å². The van der Waals surface area contributed by atoms with Gasteiger partial charge in [0.15, 0.2) is 0 Å². The van der Waals surface area contributed by atoms with Crippen LogP contribution in [-0.4, -0.2) is 6.54 Å². The summed E-state index contributed by atoms with van der Waals surface area (Å²) in [4.78, 5) is 0. The van der Waals surface area contributed by atoms with Crippen LogP contribution in [-0.2, 0) is 0 Å². The van der Waals surface area contributed by atoms with Crippen molar-refractivity contribution in [3.05, 3.63) is 39.8 Å². The predicted molar refractivity (Wildman–Crippen MR) is 74.1 cm³/mol. The van der Waals surface area contributed by atoms with Crippen LogP contribution in [0.5, 0.6) is 0 Å². The third-order valence-electron chi connectivity index (χ3n) is 2.89. The van der Waals surface area contributed by atoms with Gasteiger partial charge in [-0.15, -0.1) is 0 Å². The maximum absolute atomic E-state index is 6.04. The van der Waals surface area contributed by atoms with E-state index in [2.05, 4.69) is 39.5 Å². The van der Waals surface area contributed by atoms with Crippen molar-refractivity contribution in [3.8, 4) is 0 Å². The summed E-state index contributed by atoms with van der Waals surface area (Å²) < 4.78 is 0.945. The van der Waals surface area contributed by atoms with Crippen molar-refractivity contribution in [2.45, 2.75) is 19.3 Å². The van der Waals surface area contributed by atoms with E-state index in [1.165, 1.54) is 19.3 Å². The third kappa shape index (κ3) is 3.26. The Morgan fingerprint density at radius 1 is 1.38 bits per heavy atom. The van der Waals surface area contributed by atoms with E-state index in [-0.39, 0.29) is 0 Å². The highest BCUT2D eigenvalue weighted by atomic mass is 79.9. The first-order valence-corrected chi connectivity index (χ1v) is 6.77. The number of allylic oxidation sites excluding steroid dienone is 2. The van der Waals surface area contributed by atoms with Crippen LogP contribution in [0.2, 0.25) is 5.02 Å². The molecule has 0 aromatic heterocycles. The van der Waals surface area contributed by atoms with Gasteiger partial charge in [0.1, 0.15) is 0 Å². The van der Waals surface area contributed by atoms with E-state index in [0.29, 0.717) is 0 Å². The summed E-state index contributed by atoms with van der Waals surface area (Å²) in [6, 6.07) is 5.99. The molecule has 2 rings (SSSR count). The molecule has 0 amide bonds. The first-order valence-electron chi connectivity index (χ1n) is 5.59.